The average Bonchev–Trinajstić information content (AvgIpc) is 3.18. The molecule has 0 saturated heterocycles. The molecule has 1 aliphatic heterocycles. The van der Waals surface area contributed by atoms with Crippen molar-refractivity contribution in [2.24, 2.45) is 0 Å². The van der Waals surface area contributed by atoms with E-state index < -0.39 is 6.04 Å². The molecule has 0 aliphatic carbocycles. The molecule has 6 nitrogen and oxygen atoms in total. The van der Waals surface area contributed by atoms with Crippen LogP contribution < -0.4 is 19.7 Å². The number of rotatable bonds is 5. The zero-order chi connectivity index (χ0) is 21.1. The highest BCUT2D eigenvalue weighted by molar-refractivity contribution is 6.13. The summed E-state index contributed by atoms with van der Waals surface area (Å²) in [5.41, 5.74) is 2.80. The first-order valence-electron chi connectivity index (χ1n) is 9.61. The normalized spacial score (nSPS) is 14.7. The van der Waals surface area contributed by atoms with Crippen LogP contribution in [0.15, 0.2) is 72.8 Å². The van der Waals surface area contributed by atoms with Crippen molar-refractivity contribution in [2.75, 3.05) is 24.4 Å². The largest absolute Gasteiger partial charge is 0.497 e. The van der Waals surface area contributed by atoms with Crippen LogP contribution >= 0.6 is 0 Å². The lowest BCUT2D eigenvalue weighted by atomic mass is 10.1. The van der Waals surface area contributed by atoms with Crippen LogP contribution in [-0.4, -0.2) is 32.1 Å². The van der Waals surface area contributed by atoms with E-state index in [1.165, 1.54) is 0 Å². The van der Waals surface area contributed by atoms with E-state index in [0.29, 0.717) is 29.2 Å². The van der Waals surface area contributed by atoms with Crippen LogP contribution in [0.25, 0.3) is 0 Å². The first kappa shape index (κ1) is 19.5. The molecule has 1 aliphatic rings. The van der Waals surface area contributed by atoms with Gasteiger partial charge in [0.15, 0.2) is 0 Å². The van der Waals surface area contributed by atoms with Crippen molar-refractivity contribution in [3.05, 3.63) is 83.9 Å². The van der Waals surface area contributed by atoms with Gasteiger partial charge in [-0.05, 0) is 23.8 Å². The Morgan fingerprint density at radius 1 is 0.900 bits per heavy atom. The van der Waals surface area contributed by atoms with Crippen molar-refractivity contribution in [2.45, 2.75) is 12.5 Å². The molecular weight excluding hydrogens is 380 g/mol. The van der Waals surface area contributed by atoms with Gasteiger partial charge in [-0.15, -0.1) is 0 Å². The highest BCUT2D eigenvalue weighted by Gasteiger charge is 2.38. The maximum absolute atomic E-state index is 13.3. The molecule has 0 aromatic heterocycles. The van der Waals surface area contributed by atoms with Crippen LogP contribution in [0.1, 0.15) is 15.9 Å². The smallest absolute Gasteiger partial charge is 0.259 e. The maximum atomic E-state index is 13.3. The Bertz CT molecular complexity index is 1060. The zero-order valence-electron chi connectivity index (χ0n) is 16.8. The highest BCUT2D eigenvalue weighted by Crippen LogP contribution is 2.34. The highest BCUT2D eigenvalue weighted by atomic mass is 16.5. The predicted molar refractivity (Wildman–Crippen MR) is 115 cm³/mol. The standard InChI is InChI=1S/C24H22N2O4/c1-29-19-13-18(14-20(15-19)30-2)25-23(27)22-12-17-10-6-7-11-21(17)26(22)24(28)16-8-4-3-5-9-16/h3-11,13-15,22H,12H2,1-2H3,(H,25,27)/t22-/m1/s1. The molecule has 1 atom stereocenters. The van der Waals surface area contributed by atoms with Gasteiger partial charge in [0.05, 0.1) is 14.2 Å². The van der Waals surface area contributed by atoms with E-state index in [0.717, 1.165) is 11.3 Å². The molecule has 0 spiro atoms. The van der Waals surface area contributed by atoms with Gasteiger partial charge in [0.2, 0.25) is 5.91 Å². The molecule has 0 bridgehead atoms. The van der Waals surface area contributed by atoms with E-state index >= 15 is 0 Å². The van der Waals surface area contributed by atoms with Crippen molar-refractivity contribution in [1.82, 2.24) is 0 Å². The van der Waals surface area contributed by atoms with Crippen molar-refractivity contribution < 1.29 is 19.1 Å². The first-order chi connectivity index (χ1) is 14.6. The van der Waals surface area contributed by atoms with Gasteiger partial charge in [-0.1, -0.05) is 36.4 Å². The van der Waals surface area contributed by atoms with Crippen LogP contribution in [-0.2, 0) is 11.2 Å². The second-order valence-corrected chi connectivity index (χ2v) is 6.98. The van der Waals surface area contributed by atoms with Gasteiger partial charge in [0, 0.05) is 41.6 Å². The number of nitrogens with one attached hydrogen (secondary N) is 1. The molecule has 0 unspecified atom stereocenters. The van der Waals surface area contributed by atoms with Crippen molar-refractivity contribution in [3.8, 4) is 11.5 Å². The first-order valence-corrected chi connectivity index (χ1v) is 9.61. The number of hydrogen-bond donors (Lipinski definition) is 1. The number of fused-ring (bicyclic) bond motifs is 1. The number of benzene rings is 3. The second-order valence-electron chi connectivity index (χ2n) is 6.98. The summed E-state index contributed by atoms with van der Waals surface area (Å²) >= 11 is 0. The Kier molecular flexibility index (Phi) is 5.39. The maximum Gasteiger partial charge on any atom is 0.259 e. The summed E-state index contributed by atoms with van der Waals surface area (Å²) in [6, 6.07) is 21.1. The fourth-order valence-corrected chi connectivity index (χ4v) is 3.67. The van der Waals surface area contributed by atoms with Gasteiger partial charge in [-0.3, -0.25) is 14.5 Å². The van der Waals surface area contributed by atoms with E-state index in [1.807, 2.05) is 42.5 Å². The van der Waals surface area contributed by atoms with Gasteiger partial charge in [0.1, 0.15) is 17.5 Å². The third-order valence-corrected chi connectivity index (χ3v) is 5.14. The van der Waals surface area contributed by atoms with E-state index in [2.05, 4.69) is 5.32 Å². The van der Waals surface area contributed by atoms with Crippen LogP contribution in [0.3, 0.4) is 0 Å². The van der Waals surface area contributed by atoms with Crippen LogP contribution in [0.4, 0.5) is 11.4 Å². The van der Waals surface area contributed by atoms with Crippen LogP contribution in [0.5, 0.6) is 11.5 Å². The molecule has 4 rings (SSSR count). The third-order valence-electron chi connectivity index (χ3n) is 5.14. The second kappa shape index (κ2) is 8.29. The molecular formula is C24H22N2O4. The fourth-order valence-electron chi connectivity index (χ4n) is 3.67. The third kappa shape index (κ3) is 3.72. The van der Waals surface area contributed by atoms with E-state index in [1.54, 1.807) is 49.5 Å². The van der Waals surface area contributed by atoms with E-state index in [9.17, 15) is 9.59 Å². The molecule has 1 N–H and O–H groups in total. The van der Waals surface area contributed by atoms with Crippen molar-refractivity contribution in [1.29, 1.82) is 0 Å². The number of anilines is 2. The topological polar surface area (TPSA) is 67.9 Å². The lowest BCUT2D eigenvalue weighted by Gasteiger charge is -2.25. The van der Waals surface area contributed by atoms with Gasteiger partial charge < -0.3 is 14.8 Å². The van der Waals surface area contributed by atoms with Crippen LogP contribution in [0.2, 0.25) is 0 Å². The molecule has 152 valence electrons. The monoisotopic (exact) mass is 402 g/mol. The molecule has 6 heteroatoms. The van der Waals surface area contributed by atoms with E-state index in [-0.39, 0.29) is 11.8 Å². The number of methoxy groups -OCH3 is 2. The van der Waals surface area contributed by atoms with Gasteiger partial charge in [0.25, 0.3) is 5.91 Å². The number of carbonyl (C=O) groups is 2. The minimum atomic E-state index is -0.660. The Hall–Kier alpha value is -3.80. The van der Waals surface area contributed by atoms with Gasteiger partial charge >= 0.3 is 0 Å². The van der Waals surface area contributed by atoms with E-state index in [4.69, 9.17) is 9.47 Å². The number of ether oxygens (including phenoxy) is 2. The minimum absolute atomic E-state index is 0.205. The predicted octanol–water partition coefficient (Wildman–Crippen LogP) is 3.91. The lowest BCUT2D eigenvalue weighted by molar-refractivity contribution is -0.117. The minimum Gasteiger partial charge on any atom is -0.497 e. The zero-order valence-corrected chi connectivity index (χ0v) is 16.8. The summed E-state index contributed by atoms with van der Waals surface area (Å²) in [4.78, 5) is 28.1. The van der Waals surface area contributed by atoms with Gasteiger partial charge in [-0.25, -0.2) is 0 Å². The summed E-state index contributed by atoms with van der Waals surface area (Å²) in [5, 5.41) is 2.91. The lowest BCUT2D eigenvalue weighted by Crippen LogP contribution is -2.45. The number of para-hydroxylation sites is 1. The summed E-state index contributed by atoms with van der Waals surface area (Å²) in [7, 11) is 3.10. The van der Waals surface area contributed by atoms with Gasteiger partial charge in [-0.2, -0.15) is 0 Å². The summed E-state index contributed by atoms with van der Waals surface area (Å²) in [6.45, 7) is 0. The quantitative estimate of drug-likeness (QED) is 0.703. The Morgan fingerprint density at radius 2 is 1.53 bits per heavy atom. The molecule has 0 radical (unpaired) electrons. The molecule has 3 aromatic rings. The molecule has 30 heavy (non-hydrogen) atoms. The molecule has 0 fully saturated rings. The molecule has 3 aromatic carbocycles. The average molecular weight is 402 g/mol. The van der Waals surface area contributed by atoms with Crippen molar-refractivity contribution in [3.63, 3.8) is 0 Å². The Labute approximate surface area is 175 Å². The Balaban J connectivity index is 1.65. The number of carbonyl (C=O) groups excluding carboxylic acids is 2. The number of hydrogen-bond acceptors (Lipinski definition) is 4. The molecule has 2 amide bonds. The molecule has 1 heterocycles. The molecule has 0 saturated carbocycles. The summed E-state index contributed by atoms with van der Waals surface area (Å²) < 4.78 is 10.6. The van der Waals surface area contributed by atoms with Crippen molar-refractivity contribution >= 4 is 23.2 Å². The van der Waals surface area contributed by atoms with Crippen LogP contribution in [0, 0.1) is 0 Å². The number of amides is 2. The Morgan fingerprint density at radius 3 is 2.20 bits per heavy atom. The summed E-state index contributed by atoms with van der Waals surface area (Å²) in [6.07, 6.45) is 0.446. The SMILES string of the molecule is COc1cc(NC(=O)[C@H]2Cc3ccccc3N2C(=O)c2ccccc2)cc(OC)c1. The fraction of sp³-hybridized carbons (Fsp3) is 0.167. The summed E-state index contributed by atoms with van der Waals surface area (Å²) in [5.74, 6) is 0.655. The number of nitrogens with zero attached hydrogens (tertiary/aromatic N) is 1.